The van der Waals surface area contributed by atoms with Gasteiger partial charge < -0.3 is 0 Å². The van der Waals surface area contributed by atoms with Crippen molar-refractivity contribution in [3.63, 3.8) is 0 Å². The molecule has 0 radical (unpaired) electrons. The number of aromatic nitrogens is 2. The number of halogens is 2. The average Bonchev–Trinajstić information content (AvgIpc) is 3.16. The maximum atomic E-state index is 9.45. The first-order valence-corrected chi connectivity index (χ1v) is 12.6. The Morgan fingerprint density at radius 2 is 1.13 bits per heavy atom. The Morgan fingerprint density at radius 1 is 0.737 bits per heavy atom. The highest BCUT2D eigenvalue weighted by Crippen LogP contribution is 2.51. The van der Waals surface area contributed by atoms with Crippen LogP contribution in [0.25, 0.3) is 11.0 Å². The molecule has 0 N–H and O–H groups in total. The fraction of sp³-hybridized carbons (Fsp3) is 0.133. The first-order chi connectivity index (χ1) is 18.2. The lowest BCUT2D eigenvalue weighted by atomic mass is 10.1. The van der Waals surface area contributed by atoms with Crippen molar-refractivity contribution in [1.82, 2.24) is 9.97 Å². The summed E-state index contributed by atoms with van der Waals surface area (Å²) in [5, 5.41) is 19.7. The Bertz CT molecular complexity index is 1610. The van der Waals surface area contributed by atoms with Crippen LogP contribution in [0.15, 0.2) is 72.1 Å². The smallest absolute Gasteiger partial charge is 0.183 e. The lowest BCUT2D eigenvalue weighted by Gasteiger charge is -2.28. The Morgan fingerprint density at radius 3 is 1.50 bits per heavy atom. The summed E-state index contributed by atoms with van der Waals surface area (Å²) >= 11 is 12.7. The molecule has 5 rings (SSSR count). The summed E-state index contributed by atoms with van der Waals surface area (Å²) in [6.07, 6.45) is 3.30. The van der Waals surface area contributed by atoms with Gasteiger partial charge in [-0.2, -0.15) is 10.5 Å². The third-order valence-corrected chi connectivity index (χ3v) is 7.24. The molecule has 38 heavy (non-hydrogen) atoms. The SMILES string of the molecule is Cc1cccc(C)c1N1C(=CC=C(C#N)C#N)N(c2c(C)cccc2C)c2nc3cc(Cl)c(Cl)cc3nc21. The number of benzene rings is 3. The number of allylic oxidation sites excluding steroid dienone is 3. The van der Waals surface area contributed by atoms with Crippen LogP contribution in [-0.2, 0) is 0 Å². The molecule has 186 valence electrons. The molecule has 0 fully saturated rings. The van der Waals surface area contributed by atoms with Gasteiger partial charge in [0.1, 0.15) is 23.5 Å². The highest BCUT2D eigenvalue weighted by Gasteiger charge is 2.39. The van der Waals surface area contributed by atoms with Gasteiger partial charge in [0.25, 0.3) is 0 Å². The van der Waals surface area contributed by atoms with Crippen molar-refractivity contribution in [3.05, 3.63) is 104 Å². The van der Waals surface area contributed by atoms with Crippen molar-refractivity contribution in [1.29, 1.82) is 10.5 Å². The van der Waals surface area contributed by atoms with Crippen molar-refractivity contribution in [2.45, 2.75) is 27.7 Å². The van der Waals surface area contributed by atoms with Gasteiger partial charge in [0, 0.05) is 0 Å². The maximum Gasteiger partial charge on any atom is 0.183 e. The first kappa shape index (κ1) is 25.3. The maximum absolute atomic E-state index is 9.45. The molecule has 0 amide bonds. The summed E-state index contributed by atoms with van der Waals surface area (Å²) in [5.74, 6) is 1.89. The van der Waals surface area contributed by atoms with E-state index in [1.54, 1.807) is 18.2 Å². The van der Waals surface area contributed by atoms with E-state index in [2.05, 4.69) is 0 Å². The molecule has 1 aliphatic heterocycles. The molecule has 3 aromatic carbocycles. The van der Waals surface area contributed by atoms with Crippen LogP contribution < -0.4 is 9.80 Å². The molecule has 0 spiro atoms. The van der Waals surface area contributed by atoms with Gasteiger partial charge in [0.2, 0.25) is 0 Å². The zero-order valence-electron chi connectivity index (χ0n) is 21.2. The monoisotopic (exact) mass is 536 g/mol. The molecule has 4 aromatic rings. The van der Waals surface area contributed by atoms with Crippen LogP contribution in [0.4, 0.5) is 23.0 Å². The van der Waals surface area contributed by atoms with Crippen molar-refractivity contribution in [2.75, 3.05) is 9.80 Å². The van der Waals surface area contributed by atoms with Crippen LogP contribution in [0, 0.1) is 50.4 Å². The van der Waals surface area contributed by atoms with E-state index < -0.39 is 0 Å². The van der Waals surface area contributed by atoms with E-state index in [4.69, 9.17) is 33.2 Å². The summed E-state index contributed by atoms with van der Waals surface area (Å²) in [7, 11) is 0. The molecular formula is C30H22Cl2N6. The molecule has 0 saturated heterocycles. The highest BCUT2D eigenvalue weighted by atomic mass is 35.5. The predicted molar refractivity (Wildman–Crippen MR) is 153 cm³/mol. The third-order valence-electron chi connectivity index (χ3n) is 6.52. The van der Waals surface area contributed by atoms with Gasteiger partial charge in [-0.15, -0.1) is 0 Å². The second-order valence-electron chi connectivity index (χ2n) is 9.11. The van der Waals surface area contributed by atoms with Crippen LogP contribution >= 0.6 is 23.2 Å². The van der Waals surface area contributed by atoms with Crippen LogP contribution in [0.1, 0.15) is 22.3 Å². The number of nitriles is 2. The van der Waals surface area contributed by atoms with Crippen LogP contribution in [-0.4, -0.2) is 9.97 Å². The van der Waals surface area contributed by atoms with Crippen molar-refractivity contribution in [3.8, 4) is 12.1 Å². The molecule has 0 saturated carbocycles. The molecular weight excluding hydrogens is 515 g/mol. The van der Waals surface area contributed by atoms with Gasteiger partial charge in [-0.3, -0.25) is 9.80 Å². The van der Waals surface area contributed by atoms with Gasteiger partial charge in [-0.25, -0.2) is 9.97 Å². The van der Waals surface area contributed by atoms with Gasteiger partial charge in [-0.05, 0) is 74.2 Å². The molecule has 0 aliphatic carbocycles. The zero-order valence-corrected chi connectivity index (χ0v) is 22.7. The van der Waals surface area contributed by atoms with E-state index in [-0.39, 0.29) is 5.57 Å². The number of para-hydroxylation sites is 2. The van der Waals surface area contributed by atoms with Gasteiger partial charge in [0.05, 0.1) is 32.5 Å². The number of nitrogens with zero attached hydrogens (tertiary/aromatic N) is 6. The van der Waals surface area contributed by atoms with Crippen LogP contribution in [0.5, 0.6) is 0 Å². The van der Waals surface area contributed by atoms with Gasteiger partial charge >= 0.3 is 0 Å². The molecule has 1 aromatic heterocycles. The minimum absolute atomic E-state index is 0.0130. The van der Waals surface area contributed by atoms with Crippen molar-refractivity contribution in [2.24, 2.45) is 0 Å². The van der Waals surface area contributed by atoms with E-state index in [1.165, 1.54) is 6.08 Å². The number of aryl methyl sites for hydroxylation is 4. The van der Waals surface area contributed by atoms with E-state index in [9.17, 15) is 10.5 Å². The second-order valence-corrected chi connectivity index (χ2v) is 9.92. The lowest BCUT2D eigenvalue weighted by Crippen LogP contribution is -2.24. The molecule has 2 heterocycles. The minimum atomic E-state index is -0.0130. The largest absolute Gasteiger partial charge is 0.276 e. The lowest BCUT2D eigenvalue weighted by molar-refractivity contribution is 1.08. The van der Waals surface area contributed by atoms with E-state index in [0.717, 1.165) is 33.6 Å². The number of anilines is 4. The fourth-order valence-corrected chi connectivity index (χ4v) is 5.13. The molecule has 0 atom stereocenters. The third kappa shape index (κ3) is 4.15. The van der Waals surface area contributed by atoms with E-state index >= 15 is 0 Å². The number of hydrogen-bond donors (Lipinski definition) is 0. The highest BCUT2D eigenvalue weighted by molar-refractivity contribution is 6.42. The van der Waals surface area contributed by atoms with Crippen LogP contribution in [0.3, 0.4) is 0 Å². The summed E-state index contributed by atoms with van der Waals surface area (Å²) in [5.41, 5.74) is 7.19. The van der Waals surface area contributed by atoms with E-state index in [0.29, 0.717) is 38.5 Å². The quantitative estimate of drug-likeness (QED) is 0.245. The molecule has 6 nitrogen and oxygen atoms in total. The molecule has 0 unspecified atom stereocenters. The summed E-state index contributed by atoms with van der Waals surface area (Å²) < 4.78 is 0. The zero-order chi connectivity index (χ0) is 27.1. The van der Waals surface area contributed by atoms with E-state index in [1.807, 2.05) is 86.0 Å². The Hall–Kier alpha value is -4.36. The fourth-order valence-electron chi connectivity index (χ4n) is 4.81. The number of rotatable bonds is 3. The second kappa shape index (κ2) is 9.84. The standard InChI is InChI=1S/C30H22Cl2N6/c1-17-7-5-8-18(2)27(17)37-26(12-11-21(15-33)16-34)38(28-19(3)9-6-10-20(28)4)30-29(37)35-24-13-22(31)23(32)14-25(24)36-30/h5-14H,1-4H3. The Kier molecular flexibility index (Phi) is 6.55. The summed E-state index contributed by atoms with van der Waals surface area (Å²) in [6, 6.07) is 19.5. The van der Waals surface area contributed by atoms with Gasteiger partial charge in [0.15, 0.2) is 11.6 Å². The normalized spacial score (nSPS) is 12.3. The molecule has 8 heteroatoms. The minimum Gasteiger partial charge on any atom is -0.276 e. The molecule has 1 aliphatic rings. The average molecular weight is 537 g/mol. The Labute approximate surface area is 231 Å². The topological polar surface area (TPSA) is 79.8 Å². The summed E-state index contributed by atoms with van der Waals surface area (Å²) in [4.78, 5) is 14.1. The first-order valence-electron chi connectivity index (χ1n) is 11.9. The Balaban J connectivity index is 1.94. The predicted octanol–water partition coefficient (Wildman–Crippen LogP) is 8.28. The van der Waals surface area contributed by atoms with Crippen molar-refractivity contribution < 1.29 is 0 Å². The van der Waals surface area contributed by atoms with Crippen molar-refractivity contribution >= 4 is 57.2 Å². The number of hydrogen-bond acceptors (Lipinski definition) is 6. The van der Waals surface area contributed by atoms with Gasteiger partial charge in [-0.1, -0.05) is 59.6 Å². The summed E-state index contributed by atoms with van der Waals surface area (Å²) in [6.45, 7) is 8.16. The molecule has 0 bridgehead atoms. The van der Waals surface area contributed by atoms with Crippen LogP contribution in [0.2, 0.25) is 10.0 Å². The number of fused-ring (bicyclic) bond motifs is 2.